The maximum Gasteiger partial charge on any atom is 0.196 e. The van der Waals surface area contributed by atoms with Crippen LogP contribution < -0.4 is 10.6 Å². The number of rotatable bonds is 1. The minimum absolute atomic E-state index is 0.107. The van der Waals surface area contributed by atoms with E-state index in [1.54, 1.807) is 0 Å². The van der Waals surface area contributed by atoms with Gasteiger partial charge in [-0.25, -0.2) is 0 Å². The van der Waals surface area contributed by atoms with Gasteiger partial charge in [0, 0.05) is 10.2 Å². The van der Waals surface area contributed by atoms with Crippen molar-refractivity contribution in [1.82, 2.24) is 0 Å². The van der Waals surface area contributed by atoms with Gasteiger partial charge in [0.15, 0.2) is 5.96 Å². The highest BCUT2D eigenvalue weighted by Crippen LogP contribution is 2.40. The summed E-state index contributed by atoms with van der Waals surface area (Å²) in [5.41, 5.74) is 7.48. The zero-order valence-corrected chi connectivity index (χ0v) is 13.6. The minimum atomic E-state index is 0.107. The monoisotopic (exact) mass is 335 g/mol. The lowest BCUT2D eigenvalue weighted by atomic mass is 9.88. The van der Waals surface area contributed by atoms with Crippen LogP contribution in [-0.2, 0) is 0 Å². The standard InChI is InChI=1S/C16H22BrN3/c1-12-4-3-8-16(9-7-12)11-19-15(18)20(16)14-6-2-5-13(17)10-14/h2,5-6,10,12H,3-4,7-9,11H2,1H3,(H2,18,19). The summed E-state index contributed by atoms with van der Waals surface area (Å²) in [5, 5.41) is 0. The van der Waals surface area contributed by atoms with Crippen molar-refractivity contribution in [2.45, 2.75) is 44.6 Å². The summed E-state index contributed by atoms with van der Waals surface area (Å²) < 4.78 is 1.09. The summed E-state index contributed by atoms with van der Waals surface area (Å²) in [6.45, 7) is 3.21. The fraction of sp³-hybridized carbons (Fsp3) is 0.562. The number of guanidine groups is 1. The SMILES string of the molecule is CC1CCCC2(CC1)CN=C(N)N2c1cccc(Br)c1. The number of nitrogens with zero attached hydrogens (tertiary/aromatic N) is 2. The molecule has 2 aliphatic rings. The molecule has 1 aliphatic heterocycles. The van der Waals surface area contributed by atoms with E-state index in [-0.39, 0.29) is 5.54 Å². The number of benzene rings is 1. The van der Waals surface area contributed by atoms with E-state index in [1.807, 2.05) is 0 Å². The van der Waals surface area contributed by atoms with Crippen LogP contribution in [0.25, 0.3) is 0 Å². The molecule has 1 heterocycles. The molecule has 20 heavy (non-hydrogen) atoms. The maximum atomic E-state index is 6.21. The van der Waals surface area contributed by atoms with Gasteiger partial charge in [-0.3, -0.25) is 4.99 Å². The first kappa shape index (κ1) is 13.9. The molecule has 1 saturated carbocycles. The second-order valence-electron chi connectivity index (χ2n) is 6.25. The molecule has 3 nitrogen and oxygen atoms in total. The first-order chi connectivity index (χ1) is 9.61. The molecule has 3 rings (SSSR count). The van der Waals surface area contributed by atoms with Crippen LogP contribution in [0.5, 0.6) is 0 Å². The second-order valence-corrected chi connectivity index (χ2v) is 7.17. The van der Waals surface area contributed by atoms with Crippen molar-refractivity contribution in [3.05, 3.63) is 28.7 Å². The van der Waals surface area contributed by atoms with Gasteiger partial charge in [-0.15, -0.1) is 0 Å². The van der Waals surface area contributed by atoms with Crippen LogP contribution in [0.2, 0.25) is 0 Å². The lowest BCUT2D eigenvalue weighted by Crippen LogP contribution is -2.51. The molecule has 4 heteroatoms. The minimum Gasteiger partial charge on any atom is -0.369 e. The Hall–Kier alpha value is -1.03. The van der Waals surface area contributed by atoms with E-state index in [0.29, 0.717) is 5.96 Å². The number of nitrogens with two attached hydrogens (primary N) is 1. The van der Waals surface area contributed by atoms with Gasteiger partial charge >= 0.3 is 0 Å². The van der Waals surface area contributed by atoms with Crippen molar-refractivity contribution in [2.75, 3.05) is 11.4 Å². The molecule has 108 valence electrons. The van der Waals surface area contributed by atoms with E-state index in [2.05, 4.69) is 57.0 Å². The third kappa shape index (κ3) is 2.46. The molecule has 0 bridgehead atoms. The van der Waals surface area contributed by atoms with E-state index in [0.717, 1.165) is 22.6 Å². The molecule has 2 N–H and O–H groups in total. The lowest BCUT2D eigenvalue weighted by molar-refractivity contribution is 0.392. The van der Waals surface area contributed by atoms with Crippen molar-refractivity contribution in [3.8, 4) is 0 Å². The van der Waals surface area contributed by atoms with E-state index in [4.69, 9.17) is 5.73 Å². The topological polar surface area (TPSA) is 41.6 Å². The molecule has 1 aromatic carbocycles. The number of hydrogen-bond donors (Lipinski definition) is 1. The maximum absolute atomic E-state index is 6.21. The summed E-state index contributed by atoms with van der Waals surface area (Å²) in [5.74, 6) is 1.50. The molecule has 1 fully saturated rings. The summed E-state index contributed by atoms with van der Waals surface area (Å²) in [6.07, 6.45) is 6.24. The van der Waals surface area contributed by atoms with E-state index < -0.39 is 0 Å². The molecule has 1 aromatic rings. The molecule has 0 radical (unpaired) electrons. The summed E-state index contributed by atoms with van der Waals surface area (Å²) in [7, 11) is 0. The van der Waals surface area contributed by atoms with Crippen molar-refractivity contribution in [1.29, 1.82) is 0 Å². The summed E-state index contributed by atoms with van der Waals surface area (Å²) in [6, 6.07) is 8.39. The Morgan fingerprint density at radius 2 is 2.20 bits per heavy atom. The molecular formula is C16H22BrN3. The Kier molecular flexibility index (Phi) is 3.76. The zero-order chi connectivity index (χ0) is 14.2. The molecule has 1 spiro atoms. The van der Waals surface area contributed by atoms with Crippen molar-refractivity contribution < 1.29 is 0 Å². The fourth-order valence-electron chi connectivity index (χ4n) is 3.58. The lowest BCUT2D eigenvalue weighted by Gasteiger charge is -2.39. The van der Waals surface area contributed by atoms with E-state index in [9.17, 15) is 0 Å². The number of anilines is 1. The first-order valence-electron chi connectivity index (χ1n) is 7.46. The highest BCUT2D eigenvalue weighted by molar-refractivity contribution is 9.10. The Balaban J connectivity index is 1.95. The van der Waals surface area contributed by atoms with Crippen LogP contribution in [0.1, 0.15) is 39.0 Å². The van der Waals surface area contributed by atoms with Crippen LogP contribution in [-0.4, -0.2) is 18.0 Å². The van der Waals surface area contributed by atoms with Crippen molar-refractivity contribution in [3.63, 3.8) is 0 Å². The number of hydrogen-bond acceptors (Lipinski definition) is 3. The molecule has 0 saturated heterocycles. The molecule has 2 atom stereocenters. The Labute approximate surface area is 129 Å². The average molecular weight is 336 g/mol. The van der Waals surface area contributed by atoms with Gasteiger partial charge in [0.25, 0.3) is 0 Å². The van der Waals surface area contributed by atoms with Crippen LogP contribution >= 0.6 is 15.9 Å². The first-order valence-corrected chi connectivity index (χ1v) is 8.26. The van der Waals surface area contributed by atoms with Crippen molar-refractivity contribution in [2.24, 2.45) is 16.6 Å². The quantitative estimate of drug-likeness (QED) is 0.844. The third-order valence-corrected chi connectivity index (χ3v) is 5.24. The van der Waals surface area contributed by atoms with Gasteiger partial charge in [-0.05, 0) is 43.4 Å². The highest BCUT2D eigenvalue weighted by Gasteiger charge is 2.43. The predicted octanol–water partition coefficient (Wildman–Crippen LogP) is 3.92. The van der Waals surface area contributed by atoms with Crippen LogP contribution in [0, 0.1) is 5.92 Å². The Morgan fingerprint density at radius 1 is 1.35 bits per heavy atom. The van der Waals surface area contributed by atoms with Gasteiger partial charge in [-0.2, -0.15) is 0 Å². The van der Waals surface area contributed by atoms with Gasteiger partial charge in [-0.1, -0.05) is 41.8 Å². The Morgan fingerprint density at radius 3 is 3.00 bits per heavy atom. The molecule has 1 aliphatic carbocycles. The zero-order valence-electron chi connectivity index (χ0n) is 12.0. The largest absolute Gasteiger partial charge is 0.369 e. The summed E-state index contributed by atoms with van der Waals surface area (Å²) >= 11 is 3.56. The number of halogens is 1. The highest BCUT2D eigenvalue weighted by atomic mass is 79.9. The van der Waals surface area contributed by atoms with Gasteiger partial charge in [0.2, 0.25) is 0 Å². The van der Waals surface area contributed by atoms with Crippen molar-refractivity contribution >= 4 is 27.6 Å². The smallest absolute Gasteiger partial charge is 0.196 e. The molecule has 0 amide bonds. The van der Waals surface area contributed by atoms with E-state index in [1.165, 1.54) is 32.1 Å². The molecule has 2 unspecified atom stereocenters. The van der Waals surface area contributed by atoms with Gasteiger partial charge < -0.3 is 10.6 Å². The van der Waals surface area contributed by atoms with Gasteiger partial charge in [0.05, 0.1) is 12.1 Å². The normalized spacial score (nSPS) is 30.4. The average Bonchev–Trinajstić information content (AvgIpc) is 2.61. The van der Waals surface area contributed by atoms with Crippen LogP contribution in [0.4, 0.5) is 5.69 Å². The fourth-order valence-corrected chi connectivity index (χ4v) is 3.97. The van der Waals surface area contributed by atoms with Gasteiger partial charge in [0.1, 0.15) is 0 Å². The second kappa shape index (κ2) is 5.40. The van der Waals surface area contributed by atoms with E-state index >= 15 is 0 Å². The third-order valence-electron chi connectivity index (χ3n) is 4.75. The van der Waals surface area contributed by atoms with Crippen LogP contribution in [0.15, 0.2) is 33.7 Å². The summed E-state index contributed by atoms with van der Waals surface area (Å²) in [4.78, 5) is 6.86. The predicted molar refractivity (Wildman–Crippen MR) is 88.1 cm³/mol. The molecule has 0 aromatic heterocycles. The number of aliphatic imine (C=N–C) groups is 1. The molecular weight excluding hydrogens is 314 g/mol. The van der Waals surface area contributed by atoms with Crippen LogP contribution in [0.3, 0.4) is 0 Å². The Bertz CT molecular complexity index is 528.